The highest BCUT2D eigenvalue weighted by molar-refractivity contribution is 8.00. The van der Waals surface area contributed by atoms with Crippen molar-refractivity contribution in [3.05, 3.63) is 0 Å². The van der Waals surface area contributed by atoms with E-state index in [-0.39, 0.29) is 0 Å². The van der Waals surface area contributed by atoms with Gasteiger partial charge in [-0.1, -0.05) is 12.8 Å². The molecule has 1 aliphatic carbocycles. The van der Waals surface area contributed by atoms with Crippen molar-refractivity contribution in [3.63, 3.8) is 0 Å². The number of hydrogen-bond donors (Lipinski definition) is 1. The summed E-state index contributed by atoms with van der Waals surface area (Å²) in [6.45, 7) is 3.79. The zero-order valence-electron chi connectivity index (χ0n) is 11.5. The van der Waals surface area contributed by atoms with E-state index in [0.717, 1.165) is 6.04 Å². The predicted octanol–water partition coefficient (Wildman–Crippen LogP) is 2.74. The number of nitrogens with zero attached hydrogens (tertiary/aromatic N) is 1. The maximum absolute atomic E-state index is 3.87. The van der Waals surface area contributed by atoms with Gasteiger partial charge in [0.15, 0.2) is 0 Å². The average molecular weight is 256 g/mol. The Hall–Kier alpha value is 0.270. The highest BCUT2D eigenvalue weighted by Crippen LogP contribution is 2.39. The Balaban J connectivity index is 1.76. The third-order valence-electron chi connectivity index (χ3n) is 4.61. The molecule has 3 heteroatoms. The molecule has 0 aromatic carbocycles. The molecule has 1 unspecified atom stereocenters. The lowest BCUT2D eigenvalue weighted by molar-refractivity contribution is 0.342. The third-order valence-corrected chi connectivity index (χ3v) is 6.03. The Labute approximate surface area is 111 Å². The standard InChI is InChI=1S/C14H28N2S/c1-16-10-5-6-13(7-11-16)15-12-14(17-2)8-3-4-9-14/h13,15H,3-12H2,1-2H3. The largest absolute Gasteiger partial charge is 0.313 e. The van der Waals surface area contributed by atoms with Gasteiger partial charge >= 0.3 is 0 Å². The lowest BCUT2D eigenvalue weighted by Gasteiger charge is -2.29. The van der Waals surface area contributed by atoms with Crippen LogP contribution in [-0.2, 0) is 0 Å². The highest BCUT2D eigenvalue weighted by atomic mass is 32.2. The number of hydrogen-bond acceptors (Lipinski definition) is 3. The van der Waals surface area contributed by atoms with Gasteiger partial charge in [0, 0.05) is 17.3 Å². The Morgan fingerprint density at radius 2 is 1.94 bits per heavy atom. The van der Waals surface area contributed by atoms with Gasteiger partial charge in [0.05, 0.1) is 0 Å². The molecule has 100 valence electrons. The summed E-state index contributed by atoms with van der Waals surface area (Å²) in [6.07, 6.45) is 12.1. The summed E-state index contributed by atoms with van der Waals surface area (Å²) in [5, 5.41) is 3.87. The molecule has 2 aliphatic rings. The van der Waals surface area contributed by atoms with E-state index in [1.54, 1.807) is 0 Å². The summed E-state index contributed by atoms with van der Waals surface area (Å²) in [5.41, 5.74) is 0. The summed E-state index contributed by atoms with van der Waals surface area (Å²) in [7, 11) is 2.25. The molecule has 0 aromatic heterocycles. The monoisotopic (exact) mass is 256 g/mol. The van der Waals surface area contributed by atoms with Crippen molar-refractivity contribution in [2.75, 3.05) is 32.9 Å². The van der Waals surface area contributed by atoms with E-state index < -0.39 is 0 Å². The number of thioether (sulfide) groups is 1. The van der Waals surface area contributed by atoms with Gasteiger partial charge in [-0.15, -0.1) is 0 Å². The van der Waals surface area contributed by atoms with Crippen LogP contribution < -0.4 is 5.32 Å². The van der Waals surface area contributed by atoms with E-state index >= 15 is 0 Å². The first-order valence-electron chi connectivity index (χ1n) is 7.21. The van der Waals surface area contributed by atoms with Crippen molar-refractivity contribution < 1.29 is 0 Å². The van der Waals surface area contributed by atoms with Crippen molar-refractivity contribution in [1.82, 2.24) is 10.2 Å². The van der Waals surface area contributed by atoms with Crippen LogP contribution in [0.2, 0.25) is 0 Å². The molecule has 1 saturated carbocycles. The summed E-state index contributed by atoms with van der Waals surface area (Å²) < 4.78 is 0.568. The van der Waals surface area contributed by atoms with Crippen LogP contribution in [0.15, 0.2) is 0 Å². The summed E-state index contributed by atoms with van der Waals surface area (Å²) in [4.78, 5) is 2.47. The topological polar surface area (TPSA) is 15.3 Å². The van der Waals surface area contributed by atoms with Crippen molar-refractivity contribution >= 4 is 11.8 Å². The van der Waals surface area contributed by atoms with Gasteiger partial charge in [-0.3, -0.25) is 0 Å². The maximum atomic E-state index is 3.87. The van der Waals surface area contributed by atoms with Crippen molar-refractivity contribution in [2.45, 2.75) is 55.7 Å². The van der Waals surface area contributed by atoms with Crippen LogP contribution in [0.1, 0.15) is 44.9 Å². The SMILES string of the molecule is CSC1(CNC2CCCN(C)CC2)CCCC1. The van der Waals surface area contributed by atoms with Crippen molar-refractivity contribution in [3.8, 4) is 0 Å². The molecule has 0 radical (unpaired) electrons. The molecule has 17 heavy (non-hydrogen) atoms. The molecule has 0 spiro atoms. The fraction of sp³-hybridized carbons (Fsp3) is 1.00. The molecule has 1 aliphatic heterocycles. The molecule has 0 aromatic rings. The normalized spacial score (nSPS) is 30.4. The molecule has 1 heterocycles. The van der Waals surface area contributed by atoms with Gasteiger partial charge in [-0.2, -0.15) is 11.8 Å². The number of nitrogens with one attached hydrogen (secondary N) is 1. The van der Waals surface area contributed by atoms with E-state index in [4.69, 9.17) is 0 Å². The molecule has 1 N–H and O–H groups in total. The van der Waals surface area contributed by atoms with E-state index in [1.807, 2.05) is 0 Å². The van der Waals surface area contributed by atoms with Crippen LogP contribution in [0.3, 0.4) is 0 Å². The molecule has 0 bridgehead atoms. The maximum Gasteiger partial charge on any atom is 0.0281 e. The average Bonchev–Trinajstić information content (AvgIpc) is 2.72. The van der Waals surface area contributed by atoms with Crippen molar-refractivity contribution in [1.29, 1.82) is 0 Å². The highest BCUT2D eigenvalue weighted by Gasteiger charge is 2.33. The van der Waals surface area contributed by atoms with Gasteiger partial charge in [-0.05, 0) is 58.5 Å². The summed E-state index contributed by atoms with van der Waals surface area (Å²) in [5.74, 6) is 0. The molecular weight excluding hydrogens is 228 g/mol. The zero-order valence-corrected chi connectivity index (χ0v) is 12.3. The third kappa shape index (κ3) is 3.87. The van der Waals surface area contributed by atoms with Crippen LogP contribution in [0.4, 0.5) is 0 Å². The second-order valence-corrected chi connectivity index (χ2v) is 7.18. The smallest absolute Gasteiger partial charge is 0.0281 e. The second kappa shape index (κ2) is 6.44. The molecule has 2 nitrogen and oxygen atoms in total. The molecule has 2 rings (SSSR count). The van der Waals surface area contributed by atoms with E-state index in [2.05, 4.69) is 35.3 Å². The van der Waals surface area contributed by atoms with Gasteiger partial charge < -0.3 is 10.2 Å². The van der Waals surface area contributed by atoms with E-state index in [9.17, 15) is 0 Å². The van der Waals surface area contributed by atoms with Crippen LogP contribution >= 0.6 is 11.8 Å². The van der Waals surface area contributed by atoms with E-state index in [0.29, 0.717) is 4.75 Å². The minimum absolute atomic E-state index is 0.568. The van der Waals surface area contributed by atoms with Crippen LogP contribution in [0.5, 0.6) is 0 Å². The van der Waals surface area contributed by atoms with Gasteiger partial charge in [-0.25, -0.2) is 0 Å². The molecule has 1 atom stereocenters. The molecule has 1 saturated heterocycles. The molecule has 0 amide bonds. The Morgan fingerprint density at radius 3 is 2.65 bits per heavy atom. The van der Waals surface area contributed by atoms with E-state index in [1.165, 1.54) is 64.6 Å². The summed E-state index contributed by atoms with van der Waals surface area (Å²) in [6, 6.07) is 0.768. The van der Waals surface area contributed by atoms with Gasteiger partial charge in [0.25, 0.3) is 0 Å². The Kier molecular flexibility index (Phi) is 5.19. The first-order chi connectivity index (χ1) is 8.24. The van der Waals surface area contributed by atoms with Crippen LogP contribution in [0.25, 0.3) is 0 Å². The molecule has 2 fully saturated rings. The zero-order chi connectivity index (χ0) is 12.1. The first-order valence-corrected chi connectivity index (χ1v) is 8.44. The second-order valence-electron chi connectivity index (χ2n) is 5.91. The quantitative estimate of drug-likeness (QED) is 0.832. The first kappa shape index (κ1) is 13.7. The number of likely N-dealkylation sites (tertiary alicyclic amines) is 1. The minimum atomic E-state index is 0.568. The lowest BCUT2D eigenvalue weighted by Crippen LogP contribution is -2.41. The Bertz CT molecular complexity index is 226. The van der Waals surface area contributed by atoms with Crippen LogP contribution in [-0.4, -0.2) is 48.6 Å². The fourth-order valence-corrected chi connectivity index (χ4v) is 4.17. The minimum Gasteiger partial charge on any atom is -0.313 e. The fourth-order valence-electron chi connectivity index (χ4n) is 3.25. The predicted molar refractivity (Wildman–Crippen MR) is 77.9 cm³/mol. The van der Waals surface area contributed by atoms with Crippen molar-refractivity contribution in [2.24, 2.45) is 0 Å². The molecular formula is C14H28N2S. The summed E-state index contributed by atoms with van der Waals surface area (Å²) >= 11 is 2.10. The lowest BCUT2D eigenvalue weighted by atomic mass is 10.0. The van der Waals surface area contributed by atoms with Gasteiger partial charge in [0.2, 0.25) is 0 Å². The van der Waals surface area contributed by atoms with Gasteiger partial charge in [0.1, 0.15) is 0 Å². The Morgan fingerprint density at radius 1 is 1.18 bits per heavy atom. The van der Waals surface area contributed by atoms with Crippen LogP contribution in [0, 0.1) is 0 Å². The number of rotatable bonds is 4.